The monoisotopic (exact) mass is 542 g/mol. The number of halogens is 1. The molecule has 0 spiro atoms. The van der Waals surface area contributed by atoms with E-state index in [9.17, 15) is 14.0 Å². The lowest BCUT2D eigenvalue weighted by Crippen LogP contribution is -2.40. The third-order valence-corrected chi connectivity index (χ3v) is 7.07. The number of hydrogen-bond donors (Lipinski definition) is 0. The standard InChI is InChI=1S/C31H27FN2O4S/c1-4-37-30(36)26-27(21-10-6-5-7-11-21)33-31-34(28(26)22-13-15-23(32)16-14-22)29(35)25(39-31)18-20-9-8-12-24(17-20)38-19(2)3/h5-19,28H,4H2,1-3H3/b25-18-/t28-/m1/s1. The third kappa shape index (κ3) is 5.47. The van der Waals surface area contributed by atoms with E-state index in [-0.39, 0.29) is 23.8 Å². The Morgan fingerprint density at radius 1 is 1.08 bits per heavy atom. The highest BCUT2D eigenvalue weighted by atomic mass is 32.1. The molecule has 0 fully saturated rings. The molecular weight excluding hydrogens is 515 g/mol. The van der Waals surface area contributed by atoms with E-state index < -0.39 is 17.8 Å². The largest absolute Gasteiger partial charge is 0.491 e. The summed E-state index contributed by atoms with van der Waals surface area (Å²) in [6.07, 6.45) is 1.80. The number of carbonyl (C=O) groups excluding carboxylic acids is 1. The van der Waals surface area contributed by atoms with Gasteiger partial charge in [0.05, 0.1) is 34.6 Å². The summed E-state index contributed by atoms with van der Waals surface area (Å²) in [6, 6.07) is 21.7. The molecule has 4 aromatic rings. The zero-order chi connectivity index (χ0) is 27.5. The van der Waals surface area contributed by atoms with Crippen LogP contribution < -0.4 is 19.6 Å². The normalized spacial score (nSPS) is 15.2. The summed E-state index contributed by atoms with van der Waals surface area (Å²) in [5.41, 5.74) is 2.41. The zero-order valence-corrected chi connectivity index (χ0v) is 22.6. The van der Waals surface area contributed by atoms with Gasteiger partial charge in [0.25, 0.3) is 5.56 Å². The molecule has 0 unspecified atom stereocenters. The lowest BCUT2D eigenvalue weighted by Gasteiger charge is -2.25. The lowest BCUT2D eigenvalue weighted by atomic mass is 9.93. The molecular formula is C31H27FN2O4S. The van der Waals surface area contributed by atoms with Crippen LogP contribution in [0.1, 0.15) is 43.5 Å². The summed E-state index contributed by atoms with van der Waals surface area (Å²) in [5, 5.41) is 0. The fourth-order valence-electron chi connectivity index (χ4n) is 4.50. The van der Waals surface area contributed by atoms with Crippen molar-refractivity contribution in [3.05, 3.63) is 127 Å². The Hall–Kier alpha value is -4.30. The molecule has 0 saturated heterocycles. The Bertz CT molecular complexity index is 1720. The van der Waals surface area contributed by atoms with Gasteiger partial charge in [0.2, 0.25) is 0 Å². The van der Waals surface area contributed by atoms with Crippen LogP contribution in [0.3, 0.4) is 0 Å². The molecule has 39 heavy (non-hydrogen) atoms. The number of nitrogens with zero attached hydrogens (tertiary/aromatic N) is 2. The van der Waals surface area contributed by atoms with Gasteiger partial charge in [0.1, 0.15) is 11.6 Å². The van der Waals surface area contributed by atoms with Crippen LogP contribution in [0.15, 0.2) is 94.2 Å². The second-order valence-corrected chi connectivity index (χ2v) is 10.2. The van der Waals surface area contributed by atoms with Crippen molar-refractivity contribution in [2.75, 3.05) is 6.61 Å². The number of thiazole rings is 1. The summed E-state index contributed by atoms with van der Waals surface area (Å²) in [7, 11) is 0. The minimum absolute atomic E-state index is 0.0129. The molecule has 0 radical (unpaired) electrons. The maximum Gasteiger partial charge on any atom is 0.338 e. The van der Waals surface area contributed by atoms with Crippen LogP contribution in [0.4, 0.5) is 4.39 Å². The van der Waals surface area contributed by atoms with Crippen molar-refractivity contribution in [3.8, 4) is 5.75 Å². The van der Waals surface area contributed by atoms with Gasteiger partial charge in [-0.05, 0) is 62.2 Å². The molecule has 8 heteroatoms. The summed E-state index contributed by atoms with van der Waals surface area (Å²) >= 11 is 1.23. The van der Waals surface area contributed by atoms with Gasteiger partial charge >= 0.3 is 5.97 Å². The molecule has 0 N–H and O–H groups in total. The summed E-state index contributed by atoms with van der Waals surface area (Å²) in [5.74, 6) is -0.298. The van der Waals surface area contributed by atoms with Crippen molar-refractivity contribution in [2.45, 2.75) is 32.9 Å². The average molecular weight is 543 g/mol. The van der Waals surface area contributed by atoms with Crippen molar-refractivity contribution < 1.29 is 18.7 Å². The highest BCUT2D eigenvalue weighted by molar-refractivity contribution is 7.07. The van der Waals surface area contributed by atoms with Gasteiger partial charge in [-0.3, -0.25) is 9.36 Å². The Morgan fingerprint density at radius 2 is 1.82 bits per heavy atom. The van der Waals surface area contributed by atoms with Crippen LogP contribution in [0.2, 0.25) is 0 Å². The molecule has 1 aromatic heterocycles. The predicted octanol–water partition coefficient (Wildman–Crippen LogP) is 4.86. The number of fused-ring (bicyclic) bond motifs is 1. The maximum absolute atomic E-state index is 13.9. The van der Waals surface area contributed by atoms with Crippen molar-refractivity contribution >= 4 is 29.1 Å². The summed E-state index contributed by atoms with van der Waals surface area (Å²) in [6.45, 7) is 5.77. The van der Waals surface area contributed by atoms with Gasteiger partial charge in [-0.1, -0.05) is 65.9 Å². The van der Waals surface area contributed by atoms with Crippen LogP contribution in [0.5, 0.6) is 5.75 Å². The third-order valence-electron chi connectivity index (χ3n) is 6.09. The van der Waals surface area contributed by atoms with Gasteiger partial charge < -0.3 is 9.47 Å². The first-order chi connectivity index (χ1) is 18.9. The number of rotatable bonds is 7. The molecule has 2 heterocycles. The molecule has 0 saturated carbocycles. The van der Waals surface area contributed by atoms with Gasteiger partial charge in [0.15, 0.2) is 4.80 Å². The van der Waals surface area contributed by atoms with Crippen LogP contribution in [-0.2, 0) is 9.53 Å². The number of carbonyl (C=O) groups is 1. The van der Waals surface area contributed by atoms with Crippen LogP contribution in [0, 0.1) is 5.82 Å². The quantitative estimate of drug-likeness (QED) is 0.313. The fraction of sp³-hybridized carbons (Fsp3) is 0.194. The van der Waals surface area contributed by atoms with Crippen LogP contribution in [0.25, 0.3) is 11.8 Å². The van der Waals surface area contributed by atoms with Crippen molar-refractivity contribution in [3.63, 3.8) is 0 Å². The van der Waals surface area contributed by atoms with E-state index in [1.54, 1.807) is 25.1 Å². The Morgan fingerprint density at radius 3 is 2.51 bits per heavy atom. The molecule has 0 bridgehead atoms. The van der Waals surface area contributed by atoms with Crippen LogP contribution >= 0.6 is 11.3 Å². The molecule has 1 aliphatic rings. The van der Waals surface area contributed by atoms with E-state index in [0.29, 0.717) is 31.9 Å². The first-order valence-electron chi connectivity index (χ1n) is 12.7. The van der Waals surface area contributed by atoms with Crippen molar-refractivity contribution in [2.24, 2.45) is 4.99 Å². The van der Waals surface area contributed by atoms with Crippen molar-refractivity contribution in [1.29, 1.82) is 0 Å². The summed E-state index contributed by atoms with van der Waals surface area (Å²) in [4.78, 5) is 32.6. The predicted molar refractivity (Wildman–Crippen MR) is 150 cm³/mol. The van der Waals surface area contributed by atoms with Crippen molar-refractivity contribution in [1.82, 2.24) is 4.57 Å². The van der Waals surface area contributed by atoms with E-state index in [0.717, 1.165) is 5.56 Å². The van der Waals surface area contributed by atoms with E-state index >= 15 is 0 Å². The minimum Gasteiger partial charge on any atom is -0.491 e. The highest BCUT2D eigenvalue weighted by Gasteiger charge is 2.35. The smallest absolute Gasteiger partial charge is 0.338 e. The zero-order valence-electron chi connectivity index (χ0n) is 21.8. The van der Waals surface area contributed by atoms with E-state index in [4.69, 9.17) is 14.5 Å². The van der Waals surface area contributed by atoms with E-state index in [2.05, 4.69) is 0 Å². The average Bonchev–Trinajstić information content (AvgIpc) is 3.23. The maximum atomic E-state index is 13.9. The molecule has 0 aliphatic carbocycles. The second-order valence-electron chi connectivity index (χ2n) is 9.22. The van der Waals surface area contributed by atoms with Gasteiger partial charge in [-0.15, -0.1) is 0 Å². The molecule has 5 rings (SSSR count). The number of aromatic nitrogens is 1. The number of ether oxygens (including phenoxy) is 2. The lowest BCUT2D eigenvalue weighted by molar-refractivity contribution is -0.138. The van der Waals surface area contributed by atoms with Gasteiger partial charge in [-0.25, -0.2) is 14.2 Å². The topological polar surface area (TPSA) is 69.9 Å². The van der Waals surface area contributed by atoms with Gasteiger partial charge in [-0.2, -0.15) is 0 Å². The molecule has 1 atom stereocenters. The van der Waals surface area contributed by atoms with Crippen LogP contribution in [-0.4, -0.2) is 23.2 Å². The van der Waals surface area contributed by atoms with E-state index in [1.165, 1.54) is 28.0 Å². The first-order valence-corrected chi connectivity index (χ1v) is 13.5. The highest BCUT2D eigenvalue weighted by Crippen LogP contribution is 2.35. The Kier molecular flexibility index (Phi) is 7.56. The van der Waals surface area contributed by atoms with E-state index in [1.807, 2.05) is 68.4 Å². The fourth-order valence-corrected chi connectivity index (χ4v) is 5.50. The Balaban J connectivity index is 1.77. The Labute approximate surface area is 229 Å². The number of hydrogen-bond acceptors (Lipinski definition) is 6. The number of benzene rings is 3. The van der Waals surface area contributed by atoms with Gasteiger partial charge in [0, 0.05) is 5.56 Å². The second kappa shape index (κ2) is 11.2. The first kappa shape index (κ1) is 26.3. The molecule has 0 amide bonds. The molecule has 6 nitrogen and oxygen atoms in total. The molecule has 3 aromatic carbocycles. The number of esters is 1. The minimum atomic E-state index is -0.853. The molecule has 198 valence electrons. The SMILES string of the molecule is CCOC(=O)C1=C(c2ccccc2)N=c2s/c(=C\c3cccc(OC(C)C)c3)c(=O)n2[C@@H]1c1ccc(F)cc1. The molecule has 1 aliphatic heterocycles. The summed E-state index contributed by atoms with van der Waals surface area (Å²) < 4.78 is 27.1.